The zero-order valence-corrected chi connectivity index (χ0v) is 9.81. The highest BCUT2D eigenvalue weighted by Crippen LogP contribution is 2.25. The lowest BCUT2D eigenvalue weighted by molar-refractivity contribution is -0.385. The first-order chi connectivity index (χ1) is 8.83. The van der Waals surface area contributed by atoms with E-state index in [0.717, 1.165) is 12.1 Å². The molecule has 1 N–H and O–H groups in total. The van der Waals surface area contributed by atoms with Crippen molar-refractivity contribution in [3.8, 4) is 5.75 Å². The van der Waals surface area contributed by atoms with Crippen molar-refractivity contribution >= 4 is 5.69 Å². The number of nitro groups is 1. The summed E-state index contributed by atoms with van der Waals surface area (Å²) in [5.74, 6) is 0.148. The Bertz CT molecular complexity index is 448. The van der Waals surface area contributed by atoms with Crippen LogP contribution in [0, 0.1) is 10.1 Å². The first kappa shape index (κ1) is 15.2. The second-order valence-corrected chi connectivity index (χ2v) is 3.77. The lowest BCUT2D eigenvalue weighted by Gasteiger charge is -2.10. The Kier molecular flexibility index (Phi) is 5.11. The number of halogens is 3. The molecule has 0 aliphatic carbocycles. The van der Waals surface area contributed by atoms with Crippen LogP contribution in [0.3, 0.4) is 0 Å². The summed E-state index contributed by atoms with van der Waals surface area (Å²) in [4.78, 5) is 9.88. The first-order valence-electron chi connectivity index (χ1n) is 5.41. The molecule has 0 bridgehead atoms. The molecule has 0 aliphatic heterocycles. The van der Waals surface area contributed by atoms with Crippen LogP contribution in [0.4, 0.5) is 18.9 Å². The van der Waals surface area contributed by atoms with E-state index in [0.29, 0.717) is 0 Å². The number of nitrogens with zero attached hydrogens (tertiary/aromatic N) is 1. The summed E-state index contributed by atoms with van der Waals surface area (Å²) in [5.41, 5.74) is -0.0482. The van der Waals surface area contributed by atoms with Gasteiger partial charge in [-0.1, -0.05) is 0 Å². The van der Waals surface area contributed by atoms with Gasteiger partial charge in [0.1, 0.15) is 5.75 Å². The third-order valence-electron chi connectivity index (χ3n) is 2.29. The van der Waals surface area contributed by atoms with Gasteiger partial charge < -0.3 is 9.84 Å². The quantitative estimate of drug-likeness (QED) is 0.493. The number of nitro benzene ring substituents is 1. The van der Waals surface area contributed by atoms with Crippen molar-refractivity contribution in [3.05, 3.63) is 33.9 Å². The third kappa shape index (κ3) is 5.12. The minimum atomic E-state index is -4.24. The monoisotopic (exact) mass is 279 g/mol. The fraction of sp³-hybridized carbons (Fsp3) is 0.455. The summed E-state index contributed by atoms with van der Waals surface area (Å²) >= 11 is 0. The first-order valence-corrected chi connectivity index (χ1v) is 5.41. The molecule has 1 aromatic carbocycles. The Morgan fingerprint density at radius 2 is 2.05 bits per heavy atom. The molecule has 0 amide bonds. The van der Waals surface area contributed by atoms with Gasteiger partial charge in [0.15, 0.2) is 0 Å². The summed E-state index contributed by atoms with van der Waals surface area (Å²) < 4.78 is 40.8. The molecule has 5 nitrogen and oxygen atoms in total. The van der Waals surface area contributed by atoms with Gasteiger partial charge in [0.2, 0.25) is 0 Å². The summed E-state index contributed by atoms with van der Waals surface area (Å²) in [6.07, 6.45) is -5.42. The smallest absolute Gasteiger partial charge is 0.389 e. The predicted octanol–water partition coefficient (Wildman–Crippen LogP) is 2.81. The minimum absolute atomic E-state index is 0.148. The van der Waals surface area contributed by atoms with Crippen LogP contribution < -0.4 is 4.74 Å². The second kappa shape index (κ2) is 6.37. The van der Waals surface area contributed by atoms with Crippen LogP contribution in [-0.4, -0.2) is 22.8 Å². The largest absolute Gasteiger partial charge is 0.493 e. The molecule has 0 spiro atoms. The van der Waals surface area contributed by atoms with E-state index < -0.39 is 24.1 Å². The molecule has 0 saturated carbocycles. The standard InChI is InChI=1S/C11H12F3NO4/c12-11(13,14)4-1-5-19-10-3-2-9(15(17)18)6-8(10)7-16/h2-3,6,16H,1,4-5,7H2. The maximum Gasteiger partial charge on any atom is 0.389 e. The lowest BCUT2D eigenvalue weighted by Crippen LogP contribution is -2.10. The van der Waals surface area contributed by atoms with E-state index in [1.807, 2.05) is 0 Å². The maximum atomic E-state index is 11.9. The van der Waals surface area contributed by atoms with Crippen LogP contribution in [0.2, 0.25) is 0 Å². The Morgan fingerprint density at radius 3 is 2.58 bits per heavy atom. The molecule has 8 heteroatoms. The Labute approximate surface area is 106 Å². The van der Waals surface area contributed by atoms with Gasteiger partial charge in [0.05, 0.1) is 18.1 Å². The van der Waals surface area contributed by atoms with E-state index in [1.165, 1.54) is 6.07 Å². The fourth-order valence-electron chi connectivity index (χ4n) is 1.40. The molecule has 1 aromatic rings. The molecule has 0 heterocycles. The number of aliphatic hydroxyl groups is 1. The van der Waals surface area contributed by atoms with Gasteiger partial charge in [-0.05, 0) is 12.5 Å². The molecule has 0 unspecified atom stereocenters. The zero-order valence-electron chi connectivity index (χ0n) is 9.81. The Hall–Kier alpha value is -1.83. The molecule has 0 aromatic heterocycles. The van der Waals surface area contributed by atoms with Gasteiger partial charge in [-0.15, -0.1) is 0 Å². The highest BCUT2D eigenvalue weighted by Gasteiger charge is 2.26. The summed E-state index contributed by atoms with van der Waals surface area (Å²) in [7, 11) is 0. The van der Waals surface area contributed by atoms with Crippen molar-refractivity contribution in [1.82, 2.24) is 0 Å². The van der Waals surface area contributed by atoms with Gasteiger partial charge in [0.25, 0.3) is 5.69 Å². The van der Waals surface area contributed by atoms with Crippen molar-refractivity contribution in [3.63, 3.8) is 0 Å². The van der Waals surface area contributed by atoms with E-state index in [1.54, 1.807) is 0 Å². The highest BCUT2D eigenvalue weighted by atomic mass is 19.4. The number of rotatable bonds is 6. The van der Waals surface area contributed by atoms with Gasteiger partial charge in [0, 0.05) is 24.1 Å². The molecule has 1 rings (SSSR count). The average molecular weight is 279 g/mol. The maximum absolute atomic E-state index is 11.9. The lowest BCUT2D eigenvalue weighted by atomic mass is 10.2. The summed E-state index contributed by atoms with van der Waals surface area (Å²) in [6, 6.07) is 3.55. The van der Waals surface area contributed by atoms with E-state index >= 15 is 0 Å². The van der Waals surface area contributed by atoms with Gasteiger partial charge >= 0.3 is 6.18 Å². The number of ether oxygens (including phenoxy) is 1. The average Bonchev–Trinajstić information content (AvgIpc) is 2.33. The summed E-state index contributed by atoms with van der Waals surface area (Å²) in [5, 5.41) is 19.5. The molecule has 106 valence electrons. The molecule has 19 heavy (non-hydrogen) atoms. The highest BCUT2D eigenvalue weighted by molar-refractivity contribution is 5.43. The van der Waals surface area contributed by atoms with Crippen LogP contribution in [0.15, 0.2) is 18.2 Å². The van der Waals surface area contributed by atoms with Crippen LogP contribution in [0.1, 0.15) is 18.4 Å². The van der Waals surface area contributed by atoms with Crippen molar-refractivity contribution in [2.75, 3.05) is 6.61 Å². The van der Waals surface area contributed by atoms with E-state index in [2.05, 4.69) is 0 Å². The van der Waals surface area contributed by atoms with E-state index in [-0.39, 0.29) is 30.0 Å². The fourth-order valence-corrected chi connectivity index (χ4v) is 1.40. The molecule has 0 fully saturated rings. The summed E-state index contributed by atoms with van der Waals surface area (Å²) in [6.45, 7) is -0.666. The van der Waals surface area contributed by atoms with Crippen LogP contribution in [0.5, 0.6) is 5.75 Å². The Balaban J connectivity index is 2.61. The van der Waals surface area contributed by atoms with Crippen LogP contribution >= 0.6 is 0 Å². The topological polar surface area (TPSA) is 72.6 Å². The van der Waals surface area contributed by atoms with Crippen LogP contribution in [0.25, 0.3) is 0 Å². The Morgan fingerprint density at radius 1 is 1.37 bits per heavy atom. The van der Waals surface area contributed by atoms with E-state index in [4.69, 9.17) is 9.84 Å². The molecule has 0 saturated heterocycles. The zero-order chi connectivity index (χ0) is 14.5. The number of alkyl halides is 3. The number of benzene rings is 1. The number of aliphatic hydroxyl groups excluding tert-OH is 1. The molecule has 0 atom stereocenters. The van der Waals surface area contributed by atoms with Crippen molar-refractivity contribution in [1.29, 1.82) is 0 Å². The molecule has 0 radical (unpaired) electrons. The molecular formula is C11H12F3NO4. The number of hydrogen-bond acceptors (Lipinski definition) is 4. The second-order valence-electron chi connectivity index (χ2n) is 3.77. The predicted molar refractivity (Wildman–Crippen MR) is 59.8 cm³/mol. The normalized spacial score (nSPS) is 11.4. The van der Waals surface area contributed by atoms with Gasteiger partial charge in [-0.2, -0.15) is 13.2 Å². The minimum Gasteiger partial charge on any atom is -0.493 e. The van der Waals surface area contributed by atoms with E-state index in [9.17, 15) is 23.3 Å². The van der Waals surface area contributed by atoms with Gasteiger partial charge in [-0.3, -0.25) is 10.1 Å². The van der Waals surface area contributed by atoms with Crippen molar-refractivity contribution in [2.24, 2.45) is 0 Å². The van der Waals surface area contributed by atoms with Crippen molar-refractivity contribution < 1.29 is 27.9 Å². The SMILES string of the molecule is O=[N+]([O-])c1ccc(OCCCC(F)(F)F)c(CO)c1. The van der Waals surface area contributed by atoms with Gasteiger partial charge in [-0.25, -0.2) is 0 Å². The van der Waals surface area contributed by atoms with Crippen molar-refractivity contribution in [2.45, 2.75) is 25.6 Å². The van der Waals surface area contributed by atoms with Crippen LogP contribution in [-0.2, 0) is 6.61 Å². The third-order valence-corrected chi connectivity index (χ3v) is 2.29. The number of hydrogen-bond donors (Lipinski definition) is 1. The molecule has 0 aliphatic rings. The molecular weight excluding hydrogens is 267 g/mol. The number of non-ortho nitro benzene ring substituents is 1.